The first kappa shape index (κ1) is 20.9. The van der Waals surface area contributed by atoms with Gasteiger partial charge in [0.15, 0.2) is 0 Å². The van der Waals surface area contributed by atoms with Gasteiger partial charge in [0.05, 0.1) is 24.1 Å². The zero-order chi connectivity index (χ0) is 22.8. The summed E-state index contributed by atoms with van der Waals surface area (Å²) >= 11 is 0. The molecule has 1 aliphatic heterocycles. The molecular formula is C23H19N3O6. The van der Waals surface area contributed by atoms with Crippen molar-refractivity contribution in [3.8, 4) is 17.1 Å². The van der Waals surface area contributed by atoms with Gasteiger partial charge in [-0.05, 0) is 30.7 Å². The monoisotopic (exact) mass is 433 g/mol. The van der Waals surface area contributed by atoms with Crippen LogP contribution in [-0.2, 0) is 11.3 Å². The summed E-state index contributed by atoms with van der Waals surface area (Å²) in [5.74, 6) is 0.556. The lowest BCUT2D eigenvalue weighted by Gasteiger charge is -2.11. The number of aryl methyl sites for hydroxylation is 1. The minimum atomic E-state index is -0.519. The topological polar surface area (TPSA) is 115 Å². The highest BCUT2D eigenvalue weighted by Gasteiger charge is 2.33. The number of nitro benzene ring substituents is 1. The number of carbonyl (C=O) groups is 2. The maximum absolute atomic E-state index is 12.7. The molecule has 1 aromatic heterocycles. The van der Waals surface area contributed by atoms with Crippen molar-refractivity contribution in [3.63, 3.8) is 0 Å². The van der Waals surface area contributed by atoms with Gasteiger partial charge in [0.1, 0.15) is 23.0 Å². The molecule has 4 rings (SSSR count). The molecule has 1 fully saturated rings. The number of carbonyl (C=O) groups excluding carboxylic acids is 2. The first-order chi connectivity index (χ1) is 15.4. The number of rotatable bonds is 6. The minimum absolute atomic E-state index is 0.0778. The van der Waals surface area contributed by atoms with Crippen molar-refractivity contribution in [1.82, 2.24) is 10.2 Å². The van der Waals surface area contributed by atoms with Crippen molar-refractivity contribution in [2.75, 3.05) is 7.11 Å². The van der Waals surface area contributed by atoms with Crippen LogP contribution in [0.5, 0.6) is 5.75 Å². The molecule has 3 amide bonds. The predicted octanol–water partition coefficient (Wildman–Crippen LogP) is 4.26. The van der Waals surface area contributed by atoms with E-state index in [9.17, 15) is 19.7 Å². The lowest BCUT2D eigenvalue weighted by atomic mass is 10.1. The number of ether oxygens (including phenoxy) is 1. The second-order valence-corrected chi connectivity index (χ2v) is 7.21. The minimum Gasteiger partial charge on any atom is -0.496 e. The van der Waals surface area contributed by atoms with Crippen LogP contribution in [0, 0.1) is 17.0 Å². The molecule has 2 heterocycles. The fourth-order valence-corrected chi connectivity index (χ4v) is 3.31. The van der Waals surface area contributed by atoms with Crippen LogP contribution in [0.3, 0.4) is 0 Å². The first-order valence-corrected chi connectivity index (χ1v) is 9.68. The van der Waals surface area contributed by atoms with Crippen LogP contribution in [0.4, 0.5) is 10.5 Å². The van der Waals surface area contributed by atoms with Crippen molar-refractivity contribution in [3.05, 3.63) is 87.3 Å². The predicted molar refractivity (Wildman–Crippen MR) is 116 cm³/mol. The molecule has 9 nitrogen and oxygen atoms in total. The van der Waals surface area contributed by atoms with Gasteiger partial charge in [0.2, 0.25) is 0 Å². The molecule has 9 heteroatoms. The van der Waals surface area contributed by atoms with Crippen molar-refractivity contribution < 1.29 is 23.7 Å². The van der Waals surface area contributed by atoms with E-state index in [1.54, 1.807) is 12.1 Å². The standard InChI is InChI=1S/C23H19N3O6/c1-14-3-5-15(6-4-14)13-25-22(27)19(24-23(25)28)12-17-8-10-21(32-17)18-11-16(26(29)30)7-9-20(18)31-2/h3-12H,13H2,1-2H3,(H,24,28)/b19-12+. The fraction of sp³-hybridized carbons (Fsp3) is 0.130. The number of imide groups is 1. The highest BCUT2D eigenvalue weighted by Crippen LogP contribution is 2.34. The van der Waals surface area contributed by atoms with Gasteiger partial charge in [-0.1, -0.05) is 29.8 Å². The summed E-state index contributed by atoms with van der Waals surface area (Å²) in [6, 6.07) is 14.4. The Morgan fingerprint density at radius 3 is 2.56 bits per heavy atom. The van der Waals surface area contributed by atoms with E-state index in [-0.39, 0.29) is 17.9 Å². The molecule has 32 heavy (non-hydrogen) atoms. The summed E-state index contributed by atoms with van der Waals surface area (Å²) in [6.07, 6.45) is 1.42. The third-order valence-electron chi connectivity index (χ3n) is 5.00. The number of urea groups is 1. The maximum atomic E-state index is 12.7. The zero-order valence-corrected chi connectivity index (χ0v) is 17.3. The number of amides is 3. The van der Waals surface area contributed by atoms with E-state index in [1.165, 1.54) is 31.4 Å². The number of nitrogens with zero attached hydrogens (tertiary/aromatic N) is 2. The van der Waals surface area contributed by atoms with E-state index in [0.29, 0.717) is 22.8 Å². The van der Waals surface area contributed by atoms with E-state index in [1.807, 2.05) is 31.2 Å². The van der Waals surface area contributed by atoms with Gasteiger partial charge in [-0.15, -0.1) is 0 Å². The van der Waals surface area contributed by atoms with Crippen molar-refractivity contribution >= 4 is 23.7 Å². The average molecular weight is 433 g/mol. The van der Waals surface area contributed by atoms with Crippen LogP contribution in [0.15, 0.2) is 64.7 Å². The van der Waals surface area contributed by atoms with Crippen molar-refractivity contribution in [2.45, 2.75) is 13.5 Å². The van der Waals surface area contributed by atoms with Gasteiger partial charge >= 0.3 is 6.03 Å². The Balaban J connectivity index is 1.58. The summed E-state index contributed by atoms with van der Waals surface area (Å²) in [5, 5.41) is 13.7. The lowest BCUT2D eigenvalue weighted by Crippen LogP contribution is -2.30. The Bertz CT molecular complexity index is 1240. The molecule has 3 aromatic rings. The largest absolute Gasteiger partial charge is 0.496 e. The Hall–Kier alpha value is -4.40. The number of hydrogen-bond acceptors (Lipinski definition) is 6. The Morgan fingerprint density at radius 1 is 1.12 bits per heavy atom. The molecule has 0 radical (unpaired) electrons. The number of methoxy groups -OCH3 is 1. The molecule has 1 aliphatic rings. The van der Waals surface area contributed by atoms with Crippen LogP contribution in [0.25, 0.3) is 17.4 Å². The molecular weight excluding hydrogens is 414 g/mol. The Kier molecular flexibility index (Phi) is 5.46. The quantitative estimate of drug-likeness (QED) is 0.269. The summed E-state index contributed by atoms with van der Waals surface area (Å²) < 4.78 is 11.0. The Morgan fingerprint density at radius 2 is 1.88 bits per heavy atom. The molecule has 1 N–H and O–H groups in total. The van der Waals surface area contributed by atoms with Crippen LogP contribution in [0.2, 0.25) is 0 Å². The van der Waals surface area contributed by atoms with Crippen LogP contribution in [-0.4, -0.2) is 28.9 Å². The normalized spacial score (nSPS) is 14.7. The number of benzene rings is 2. The van der Waals surface area contributed by atoms with Gasteiger partial charge in [-0.3, -0.25) is 19.8 Å². The summed E-state index contributed by atoms with van der Waals surface area (Å²) in [7, 11) is 1.45. The van der Waals surface area contributed by atoms with E-state index >= 15 is 0 Å². The van der Waals surface area contributed by atoms with Crippen LogP contribution < -0.4 is 10.1 Å². The summed E-state index contributed by atoms with van der Waals surface area (Å²) in [6.45, 7) is 2.11. The second kappa shape index (κ2) is 8.38. The lowest BCUT2D eigenvalue weighted by molar-refractivity contribution is -0.384. The molecule has 0 spiro atoms. The van der Waals surface area contributed by atoms with E-state index in [2.05, 4.69) is 5.32 Å². The van der Waals surface area contributed by atoms with E-state index < -0.39 is 16.9 Å². The second-order valence-electron chi connectivity index (χ2n) is 7.21. The first-order valence-electron chi connectivity index (χ1n) is 9.68. The average Bonchev–Trinajstić information content (AvgIpc) is 3.35. The molecule has 2 aromatic carbocycles. The number of furan rings is 1. The highest BCUT2D eigenvalue weighted by atomic mass is 16.6. The molecule has 0 unspecified atom stereocenters. The van der Waals surface area contributed by atoms with E-state index in [4.69, 9.17) is 9.15 Å². The summed E-state index contributed by atoms with van der Waals surface area (Å²) in [4.78, 5) is 36.7. The molecule has 162 valence electrons. The van der Waals surface area contributed by atoms with Gasteiger partial charge in [0, 0.05) is 18.2 Å². The zero-order valence-electron chi connectivity index (χ0n) is 17.3. The molecule has 0 saturated carbocycles. The molecule has 0 aliphatic carbocycles. The van der Waals surface area contributed by atoms with Crippen molar-refractivity contribution in [1.29, 1.82) is 0 Å². The highest BCUT2D eigenvalue weighted by molar-refractivity contribution is 6.13. The van der Waals surface area contributed by atoms with Gasteiger partial charge in [0.25, 0.3) is 11.6 Å². The third kappa shape index (κ3) is 4.08. The number of non-ortho nitro benzene ring substituents is 1. The van der Waals surface area contributed by atoms with Crippen molar-refractivity contribution in [2.24, 2.45) is 0 Å². The van der Waals surface area contributed by atoms with Crippen LogP contribution in [0.1, 0.15) is 16.9 Å². The SMILES string of the molecule is COc1ccc([N+](=O)[O-])cc1-c1ccc(/C=C2/NC(=O)N(Cc3ccc(C)cc3)C2=O)o1. The summed E-state index contributed by atoms with van der Waals surface area (Å²) in [5.41, 5.74) is 2.28. The Labute approximate surface area is 183 Å². The number of nitro groups is 1. The van der Waals surface area contributed by atoms with Gasteiger partial charge in [-0.2, -0.15) is 0 Å². The fourth-order valence-electron chi connectivity index (χ4n) is 3.31. The van der Waals surface area contributed by atoms with Gasteiger partial charge in [-0.25, -0.2) is 4.79 Å². The molecule has 1 saturated heterocycles. The molecule has 0 bridgehead atoms. The van der Waals surface area contributed by atoms with E-state index in [0.717, 1.165) is 16.0 Å². The smallest absolute Gasteiger partial charge is 0.329 e. The van der Waals surface area contributed by atoms with Crippen LogP contribution >= 0.6 is 0 Å². The number of nitrogens with one attached hydrogen (secondary N) is 1. The maximum Gasteiger partial charge on any atom is 0.329 e. The molecule has 0 atom stereocenters. The van der Waals surface area contributed by atoms with Gasteiger partial charge < -0.3 is 14.5 Å². The third-order valence-corrected chi connectivity index (χ3v) is 5.00. The number of hydrogen-bond donors (Lipinski definition) is 1.